The number of hydrogen-bond acceptors (Lipinski definition) is 9. The molecule has 0 spiro atoms. The second-order valence-electron chi connectivity index (χ2n) is 9.58. The van der Waals surface area contributed by atoms with Crippen LogP contribution >= 0.6 is 12.2 Å². The molecule has 0 atom stereocenters. The number of carbonyl (C=O) groups is 2. The van der Waals surface area contributed by atoms with Gasteiger partial charge in [0.2, 0.25) is 0 Å². The summed E-state index contributed by atoms with van der Waals surface area (Å²) in [5.74, 6) is 0.324. The predicted molar refractivity (Wildman–Crippen MR) is 151 cm³/mol. The van der Waals surface area contributed by atoms with Gasteiger partial charge in [0.25, 0.3) is 0 Å². The van der Waals surface area contributed by atoms with E-state index in [2.05, 4.69) is 4.90 Å². The molecule has 1 fully saturated rings. The molecule has 4 rings (SSSR count). The fraction of sp³-hybridized carbons (Fsp3) is 0.433. The van der Waals surface area contributed by atoms with E-state index in [9.17, 15) is 9.59 Å². The maximum Gasteiger partial charge on any atom is 0.342 e. The number of hydrogen-bond donors (Lipinski definition) is 0. The van der Waals surface area contributed by atoms with Gasteiger partial charge >= 0.3 is 11.9 Å². The van der Waals surface area contributed by atoms with Crippen LogP contribution in [0.25, 0.3) is 0 Å². The molecule has 2 aliphatic rings. The molecule has 39 heavy (non-hydrogen) atoms. The molecule has 208 valence electrons. The molecular weight excluding hydrogens is 518 g/mol. The Labute approximate surface area is 234 Å². The Balaban J connectivity index is 1.46. The number of morpholine rings is 1. The third-order valence-corrected chi connectivity index (χ3v) is 7.30. The monoisotopic (exact) mass is 553 g/mol. The molecule has 0 saturated carbocycles. The van der Waals surface area contributed by atoms with E-state index in [0.717, 1.165) is 55.1 Å². The third kappa shape index (κ3) is 7.23. The number of benzene rings is 2. The number of fused-ring (bicyclic) bond motifs is 1. The van der Waals surface area contributed by atoms with Gasteiger partial charge in [-0.25, -0.2) is 4.79 Å². The van der Waals surface area contributed by atoms with Crippen LogP contribution in [0.3, 0.4) is 0 Å². The lowest BCUT2D eigenvalue weighted by molar-refractivity contribution is -0.144. The van der Waals surface area contributed by atoms with E-state index >= 15 is 0 Å². The summed E-state index contributed by atoms with van der Waals surface area (Å²) >= 11 is 5.58. The van der Waals surface area contributed by atoms with Crippen molar-refractivity contribution in [2.45, 2.75) is 39.7 Å². The molecule has 2 aliphatic heterocycles. The molecule has 2 aromatic carbocycles. The summed E-state index contributed by atoms with van der Waals surface area (Å²) in [5.41, 5.74) is 4.42. The highest BCUT2D eigenvalue weighted by atomic mass is 32.1. The molecule has 2 aromatic rings. The molecule has 0 N–H and O–H groups in total. The first-order chi connectivity index (χ1) is 18.9. The quantitative estimate of drug-likeness (QED) is 0.226. The van der Waals surface area contributed by atoms with Crippen LogP contribution in [-0.4, -0.2) is 68.5 Å². The predicted octanol–water partition coefficient (Wildman–Crippen LogP) is 4.57. The topological polar surface area (TPSA) is 83.5 Å². The largest absolute Gasteiger partial charge is 0.496 e. The van der Waals surface area contributed by atoms with Gasteiger partial charge < -0.3 is 23.7 Å². The van der Waals surface area contributed by atoms with Crippen molar-refractivity contribution in [3.05, 3.63) is 69.8 Å². The first kappa shape index (κ1) is 28.7. The Morgan fingerprint density at radius 3 is 2.59 bits per heavy atom. The zero-order chi connectivity index (χ0) is 27.8. The normalized spacial score (nSPS) is 15.5. The first-order valence-electron chi connectivity index (χ1n) is 13.2. The molecule has 8 nitrogen and oxygen atoms in total. The minimum absolute atomic E-state index is 0.160. The van der Waals surface area contributed by atoms with Crippen molar-refractivity contribution in [3.63, 3.8) is 0 Å². The van der Waals surface area contributed by atoms with Crippen LogP contribution in [-0.2, 0) is 32.0 Å². The van der Waals surface area contributed by atoms with Gasteiger partial charge in [-0.3, -0.25) is 9.69 Å². The molecular formula is C30H35NO7S. The van der Waals surface area contributed by atoms with Crippen molar-refractivity contribution in [1.82, 2.24) is 4.90 Å². The average Bonchev–Trinajstić information content (AvgIpc) is 3.35. The number of rotatable bonds is 11. The molecule has 0 unspecified atom stereocenters. The van der Waals surface area contributed by atoms with Gasteiger partial charge in [-0.2, -0.15) is 0 Å². The number of methoxy groups -OCH3 is 1. The number of nitrogens with zero attached hydrogens (tertiary/aromatic N) is 1. The van der Waals surface area contributed by atoms with E-state index in [1.165, 1.54) is 0 Å². The summed E-state index contributed by atoms with van der Waals surface area (Å²) in [6.45, 7) is 8.31. The van der Waals surface area contributed by atoms with Gasteiger partial charge in [-0.05, 0) is 44.5 Å². The highest BCUT2D eigenvalue weighted by Crippen LogP contribution is 2.43. The molecule has 0 radical (unpaired) electrons. The van der Waals surface area contributed by atoms with E-state index in [1.807, 2.05) is 50.3 Å². The van der Waals surface area contributed by atoms with Gasteiger partial charge in [-0.1, -0.05) is 42.0 Å². The Morgan fingerprint density at radius 1 is 1.13 bits per heavy atom. The second-order valence-corrected chi connectivity index (χ2v) is 9.95. The lowest BCUT2D eigenvalue weighted by Gasteiger charge is -2.26. The average molecular weight is 554 g/mol. The van der Waals surface area contributed by atoms with Crippen molar-refractivity contribution >= 4 is 29.2 Å². The van der Waals surface area contributed by atoms with E-state index in [-0.39, 0.29) is 17.6 Å². The van der Waals surface area contributed by atoms with Crippen LogP contribution in [0.2, 0.25) is 0 Å². The number of carbonyl (C=O) groups excluding carboxylic acids is 2. The molecule has 0 aromatic heterocycles. The second kappa shape index (κ2) is 13.7. The third-order valence-electron chi connectivity index (χ3n) is 6.98. The summed E-state index contributed by atoms with van der Waals surface area (Å²) in [4.78, 5) is 27.3. The van der Waals surface area contributed by atoms with Gasteiger partial charge in [0.1, 0.15) is 24.5 Å². The van der Waals surface area contributed by atoms with E-state index in [4.69, 9.17) is 35.9 Å². The van der Waals surface area contributed by atoms with Gasteiger partial charge in [-0.15, -0.1) is 0 Å². The zero-order valence-electron chi connectivity index (χ0n) is 22.7. The molecule has 2 heterocycles. The van der Waals surface area contributed by atoms with Crippen LogP contribution in [0.1, 0.15) is 52.4 Å². The molecule has 0 amide bonds. The Hall–Kier alpha value is -3.27. The van der Waals surface area contributed by atoms with Crippen LogP contribution < -0.4 is 9.47 Å². The Morgan fingerprint density at radius 2 is 1.87 bits per heavy atom. The summed E-state index contributed by atoms with van der Waals surface area (Å²) in [6.07, 6.45) is 3.29. The van der Waals surface area contributed by atoms with Gasteiger partial charge in [0.05, 0.1) is 20.3 Å². The van der Waals surface area contributed by atoms with Crippen molar-refractivity contribution in [1.29, 1.82) is 0 Å². The maximum absolute atomic E-state index is 12.7. The minimum atomic E-state index is -0.441. The fourth-order valence-electron chi connectivity index (χ4n) is 4.71. The number of ether oxygens (including phenoxy) is 5. The molecule has 0 aliphatic carbocycles. The van der Waals surface area contributed by atoms with Gasteiger partial charge in [0.15, 0.2) is 10.8 Å². The lowest BCUT2D eigenvalue weighted by Crippen LogP contribution is -2.38. The summed E-state index contributed by atoms with van der Waals surface area (Å²) in [6, 6.07) is 9.36. The van der Waals surface area contributed by atoms with Gasteiger partial charge in [0, 0.05) is 42.7 Å². The van der Waals surface area contributed by atoms with E-state index in [0.29, 0.717) is 48.5 Å². The fourth-order valence-corrected chi connectivity index (χ4v) is 4.93. The highest BCUT2D eigenvalue weighted by Gasteiger charge is 2.33. The van der Waals surface area contributed by atoms with Crippen LogP contribution in [0.4, 0.5) is 0 Å². The first-order valence-corrected chi connectivity index (χ1v) is 13.6. The van der Waals surface area contributed by atoms with Crippen molar-refractivity contribution in [3.8, 4) is 11.5 Å². The number of allylic oxidation sites excluding steroid dienone is 2. The summed E-state index contributed by atoms with van der Waals surface area (Å²) < 4.78 is 28.1. The number of esters is 2. The molecule has 9 heteroatoms. The summed E-state index contributed by atoms with van der Waals surface area (Å²) in [7, 11) is 1.60. The molecule has 0 bridgehead atoms. The standard InChI is InChI=1S/C30H35NO7S/c1-20(10-12-25(32)36-18-15-31-13-16-35-17-14-31)9-11-23-27(34-3)21(2)24-19-37-29(33)26(24)28(23)38-30(39)22-7-5-4-6-8-22/h4-9H,10-19H2,1-3H3. The molecule has 1 saturated heterocycles. The van der Waals surface area contributed by atoms with Crippen LogP contribution in [0.15, 0.2) is 42.0 Å². The van der Waals surface area contributed by atoms with Crippen molar-refractivity contribution in [2.24, 2.45) is 0 Å². The van der Waals surface area contributed by atoms with E-state index in [1.54, 1.807) is 7.11 Å². The van der Waals surface area contributed by atoms with E-state index < -0.39 is 5.97 Å². The van der Waals surface area contributed by atoms with Crippen molar-refractivity contribution in [2.75, 3.05) is 46.6 Å². The number of cyclic esters (lactones) is 1. The smallest absolute Gasteiger partial charge is 0.342 e. The Bertz CT molecular complexity index is 1240. The zero-order valence-corrected chi connectivity index (χ0v) is 23.6. The SMILES string of the molecule is COc1c(C)c2c(c(OC(=S)c3ccccc3)c1CC=C(C)CCC(=O)OCCN1CCOCC1)C(=O)OC2. The van der Waals surface area contributed by atoms with Crippen molar-refractivity contribution < 1.29 is 33.3 Å². The maximum atomic E-state index is 12.7. The van der Waals surface area contributed by atoms with Crippen LogP contribution in [0.5, 0.6) is 11.5 Å². The lowest BCUT2D eigenvalue weighted by atomic mass is 9.94. The Kier molecular flexibility index (Phi) is 10.1. The minimum Gasteiger partial charge on any atom is -0.496 e. The summed E-state index contributed by atoms with van der Waals surface area (Å²) in [5, 5.41) is 0.255. The van der Waals surface area contributed by atoms with Crippen LogP contribution in [0, 0.1) is 6.92 Å². The number of thiocarbonyl (C=S) groups is 1. The highest BCUT2D eigenvalue weighted by molar-refractivity contribution is 7.80.